The molecular weight excluding hydrogens is 275 g/mol. The maximum absolute atomic E-state index is 12.7. The van der Waals surface area contributed by atoms with Gasteiger partial charge >= 0.3 is 6.18 Å². The zero-order chi connectivity index (χ0) is 15.1. The number of amides is 1. The van der Waals surface area contributed by atoms with E-state index in [9.17, 15) is 18.0 Å². The van der Waals surface area contributed by atoms with Gasteiger partial charge in [-0.2, -0.15) is 18.4 Å². The van der Waals surface area contributed by atoms with E-state index in [1.807, 2.05) is 6.07 Å². The Bertz CT molecular complexity index is 584. The van der Waals surface area contributed by atoms with Crippen LogP contribution in [0.15, 0.2) is 0 Å². The molecule has 0 aromatic carbocycles. The third kappa shape index (κ3) is 2.33. The predicted octanol–water partition coefficient (Wildman–Crippen LogP) is 1.19. The van der Waals surface area contributed by atoms with Gasteiger partial charge in [-0.25, -0.2) is 0 Å². The average Bonchev–Trinajstić information content (AvgIpc) is 2.80. The highest BCUT2D eigenvalue weighted by molar-refractivity contribution is 5.84. The summed E-state index contributed by atoms with van der Waals surface area (Å²) in [6, 6.07) is 1.88. The number of alkyl halides is 3. The van der Waals surface area contributed by atoms with Crippen LogP contribution in [0, 0.1) is 16.7 Å². The number of halogens is 3. The second-order valence-electron chi connectivity index (χ2n) is 5.05. The Morgan fingerprint density at radius 1 is 1.30 bits per heavy atom. The number of aromatic nitrogens is 3. The van der Waals surface area contributed by atoms with E-state index in [0.29, 0.717) is 0 Å². The molecule has 0 bridgehead atoms. The van der Waals surface area contributed by atoms with Crippen LogP contribution in [0.25, 0.3) is 0 Å². The van der Waals surface area contributed by atoms with Gasteiger partial charge in [0.1, 0.15) is 5.41 Å². The van der Waals surface area contributed by atoms with Crippen molar-refractivity contribution in [2.75, 3.05) is 6.54 Å². The number of fused-ring (bicyclic) bond motifs is 1. The number of carbonyl (C=O) groups excluding carboxylic acids is 1. The van der Waals surface area contributed by atoms with E-state index >= 15 is 0 Å². The third-order valence-corrected chi connectivity index (χ3v) is 3.11. The molecule has 1 aliphatic heterocycles. The number of rotatable bonds is 1. The molecular formula is C11H12F3N5O. The minimum Gasteiger partial charge on any atom is -0.332 e. The molecule has 0 saturated heterocycles. The van der Waals surface area contributed by atoms with E-state index in [1.165, 1.54) is 18.7 Å². The van der Waals surface area contributed by atoms with Crippen LogP contribution < -0.4 is 0 Å². The fourth-order valence-corrected chi connectivity index (χ4v) is 1.98. The molecule has 9 heteroatoms. The molecule has 0 fully saturated rings. The molecule has 20 heavy (non-hydrogen) atoms. The van der Waals surface area contributed by atoms with Crippen molar-refractivity contribution in [2.45, 2.75) is 33.1 Å². The Labute approximate surface area is 112 Å². The molecule has 0 unspecified atom stereocenters. The van der Waals surface area contributed by atoms with Crippen molar-refractivity contribution in [2.24, 2.45) is 5.41 Å². The van der Waals surface area contributed by atoms with Crippen molar-refractivity contribution in [3.8, 4) is 6.07 Å². The van der Waals surface area contributed by atoms with Crippen LogP contribution in [0.4, 0.5) is 13.2 Å². The lowest BCUT2D eigenvalue weighted by molar-refractivity contribution is -0.148. The smallest absolute Gasteiger partial charge is 0.332 e. The van der Waals surface area contributed by atoms with Gasteiger partial charge in [0.2, 0.25) is 11.7 Å². The molecule has 1 aromatic rings. The highest BCUT2D eigenvalue weighted by atomic mass is 19.4. The van der Waals surface area contributed by atoms with Gasteiger partial charge in [0.25, 0.3) is 0 Å². The summed E-state index contributed by atoms with van der Waals surface area (Å²) in [5, 5.41) is 15.5. The summed E-state index contributed by atoms with van der Waals surface area (Å²) in [5.74, 6) is -1.41. The summed E-state index contributed by atoms with van der Waals surface area (Å²) in [6.45, 7) is 2.92. The van der Waals surface area contributed by atoms with Gasteiger partial charge in [-0.15, -0.1) is 10.2 Å². The molecule has 0 atom stereocenters. The minimum atomic E-state index is -4.57. The van der Waals surface area contributed by atoms with Crippen LogP contribution in [0.1, 0.15) is 25.5 Å². The van der Waals surface area contributed by atoms with Gasteiger partial charge < -0.3 is 9.47 Å². The van der Waals surface area contributed by atoms with Crippen LogP contribution in [0.3, 0.4) is 0 Å². The van der Waals surface area contributed by atoms with Crippen molar-refractivity contribution in [3.05, 3.63) is 11.6 Å². The summed E-state index contributed by atoms with van der Waals surface area (Å²) in [4.78, 5) is 13.4. The van der Waals surface area contributed by atoms with Gasteiger partial charge in [0, 0.05) is 13.1 Å². The van der Waals surface area contributed by atoms with E-state index in [0.717, 1.165) is 4.57 Å². The maximum atomic E-state index is 12.7. The predicted molar refractivity (Wildman–Crippen MR) is 59.8 cm³/mol. The molecule has 108 valence electrons. The van der Waals surface area contributed by atoms with Crippen molar-refractivity contribution in [1.82, 2.24) is 19.7 Å². The first kappa shape index (κ1) is 14.3. The first-order valence-electron chi connectivity index (χ1n) is 5.86. The monoisotopic (exact) mass is 287 g/mol. The van der Waals surface area contributed by atoms with Gasteiger partial charge in [-0.1, -0.05) is 0 Å². The van der Waals surface area contributed by atoms with E-state index < -0.39 is 23.3 Å². The fourth-order valence-electron chi connectivity index (χ4n) is 1.98. The Hall–Kier alpha value is -2.11. The molecule has 0 radical (unpaired) electrons. The minimum absolute atomic E-state index is 0.0373. The first-order chi connectivity index (χ1) is 9.16. The van der Waals surface area contributed by atoms with Crippen LogP contribution in [0.5, 0.6) is 0 Å². The lowest BCUT2D eigenvalue weighted by Crippen LogP contribution is -2.44. The molecule has 0 saturated carbocycles. The number of hydrogen-bond donors (Lipinski definition) is 0. The topological polar surface area (TPSA) is 74.8 Å². The lowest BCUT2D eigenvalue weighted by Gasteiger charge is -2.31. The Kier molecular flexibility index (Phi) is 3.20. The van der Waals surface area contributed by atoms with Crippen molar-refractivity contribution < 1.29 is 18.0 Å². The van der Waals surface area contributed by atoms with Gasteiger partial charge in [0.05, 0.1) is 12.6 Å². The lowest BCUT2D eigenvalue weighted by atomic mass is 9.93. The molecule has 1 aliphatic rings. The van der Waals surface area contributed by atoms with E-state index in [4.69, 9.17) is 5.26 Å². The van der Waals surface area contributed by atoms with Crippen LogP contribution in [-0.4, -0.2) is 32.1 Å². The molecule has 6 nitrogen and oxygen atoms in total. The normalized spacial score (nSPS) is 15.7. The molecule has 1 amide bonds. The van der Waals surface area contributed by atoms with Crippen molar-refractivity contribution in [3.63, 3.8) is 0 Å². The zero-order valence-corrected chi connectivity index (χ0v) is 10.9. The zero-order valence-electron chi connectivity index (χ0n) is 10.9. The SMILES string of the molecule is CC(C)(C#N)C(=O)N1CCn2c(nnc2C(F)(F)F)C1. The van der Waals surface area contributed by atoms with Crippen LogP contribution in [0.2, 0.25) is 0 Å². The quantitative estimate of drug-likeness (QED) is 0.777. The van der Waals surface area contributed by atoms with Crippen molar-refractivity contribution in [1.29, 1.82) is 5.26 Å². The van der Waals surface area contributed by atoms with Gasteiger partial charge in [-0.3, -0.25) is 4.79 Å². The summed E-state index contributed by atoms with van der Waals surface area (Å²) in [7, 11) is 0. The fraction of sp³-hybridized carbons (Fsp3) is 0.636. The molecule has 2 heterocycles. The van der Waals surface area contributed by atoms with Crippen LogP contribution in [-0.2, 0) is 24.1 Å². The summed E-state index contributed by atoms with van der Waals surface area (Å²) in [6.07, 6.45) is -4.57. The summed E-state index contributed by atoms with van der Waals surface area (Å²) >= 11 is 0. The third-order valence-electron chi connectivity index (χ3n) is 3.11. The first-order valence-corrected chi connectivity index (χ1v) is 5.86. The van der Waals surface area contributed by atoms with Crippen LogP contribution >= 0.6 is 0 Å². The van der Waals surface area contributed by atoms with E-state index in [-0.39, 0.29) is 25.5 Å². The highest BCUT2D eigenvalue weighted by Crippen LogP contribution is 2.30. The van der Waals surface area contributed by atoms with Crippen molar-refractivity contribution >= 4 is 5.91 Å². The van der Waals surface area contributed by atoms with Gasteiger partial charge in [0.15, 0.2) is 5.82 Å². The van der Waals surface area contributed by atoms with Gasteiger partial charge in [-0.05, 0) is 13.8 Å². The Morgan fingerprint density at radius 3 is 2.50 bits per heavy atom. The molecule has 1 aromatic heterocycles. The molecule has 0 N–H and O–H groups in total. The standard InChI is InChI=1S/C11H12F3N5O/c1-10(2,6-15)9(20)18-3-4-19-7(5-18)16-17-8(19)11(12,13)14/h3-5H2,1-2H3. The highest BCUT2D eigenvalue weighted by Gasteiger charge is 2.41. The summed E-state index contributed by atoms with van der Waals surface area (Å²) in [5.41, 5.74) is -1.21. The average molecular weight is 287 g/mol. The molecule has 2 rings (SSSR count). The Morgan fingerprint density at radius 2 is 1.95 bits per heavy atom. The number of nitriles is 1. The largest absolute Gasteiger partial charge is 0.451 e. The maximum Gasteiger partial charge on any atom is 0.451 e. The second-order valence-corrected chi connectivity index (χ2v) is 5.05. The van der Waals surface area contributed by atoms with E-state index in [2.05, 4.69) is 10.2 Å². The Balaban J connectivity index is 2.24. The number of carbonyl (C=O) groups is 1. The molecule has 0 aliphatic carbocycles. The molecule has 0 spiro atoms. The van der Waals surface area contributed by atoms with E-state index in [1.54, 1.807) is 0 Å². The number of nitrogens with zero attached hydrogens (tertiary/aromatic N) is 5. The number of hydrogen-bond acceptors (Lipinski definition) is 4. The second kappa shape index (κ2) is 4.47. The summed E-state index contributed by atoms with van der Waals surface area (Å²) < 4.78 is 38.9.